The molecule has 148 valence electrons. The van der Waals surface area contributed by atoms with Gasteiger partial charge in [0, 0.05) is 27.7 Å². The Kier molecular flexibility index (Phi) is 7.47. The molecular weight excluding hydrogens is 492 g/mol. The normalized spacial score (nSPS) is 12.1. The van der Waals surface area contributed by atoms with Crippen LogP contribution < -0.4 is 5.32 Å². The van der Waals surface area contributed by atoms with Crippen LogP contribution in [0.4, 0.5) is 10.5 Å². The fourth-order valence-corrected chi connectivity index (χ4v) is 3.99. The summed E-state index contributed by atoms with van der Waals surface area (Å²) >= 11 is 6.67. The fourth-order valence-electron chi connectivity index (χ4n) is 2.73. The Morgan fingerprint density at radius 1 is 1.29 bits per heavy atom. The molecule has 1 atom stereocenters. The molecule has 0 aliphatic heterocycles. The second-order valence-corrected chi connectivity index (χ2v) is 8.66. The topological polar surface area (TPSA) is 103 Å². The van der Waals surface area contributed by atoms with Gasteiger partial charge in [0.2, 0.25) is 0 Å². The average Bonchev–Trinajstić information content (AvgIpc) is 2.63. The molecule has 0 saturated carbocycles. The summed E-state index contributed by atoms with van der Waals surface area (Å²) < 4.78 is 6.84. The number of nitriles is 1. The van der Waals surface area contributed by atoms with E-state index in [4.69, 9.17) is 10.00 Å². The zero-order valence-corrected chi connectivity index (χ0v) is 18.5. The molecule has 2 aromatic rings. The highest BCUT2D eigenvalue weighted by Gasteiger charge is 2.36. The largest absolute Gasteiger partial charge is 0.506 e. The van der Waals surface area contributed by atoms with Crippen LogP contribution in [0, 0.1) is 16.7 Å². The first-order valence-corrected chi connectivity index (χ1v) is 10.0. The monoisotopic (exact) mass is 510 g/mol. The number of aliphatic hydroxyl groups is 1. The molecule has 0 radical (unpaired) electrons. The summed E-state index contributed by atoms with van der Waals surface area (Å²) in [6, 6.07) is 11.7. The van der Waals surface area contributed by atoms with Crippen LogP contribution in [0.25, 0.3) is 0 Å². The first-order valence-electron chi connectivity index (χ1n) is 8.44. The molecule has 0 unspecified atom stereocenters. The van der Waals surface area contributed by atoms with E-state index in [1.807, 2.05) is 19.9 Å². The highest BCUT2D eigenvalue weighted by molar-refractivity contribution is 9.11. The quantitative estimate of drug-likeness (QED) is 0.476. The Hall–Kier alpha value is -2.08. The van der Waals surface area contributed by atoms with Gasteiger partial charge in [-0.1, -0.05) is 29.8 Å². The minimum absolute atomic E-state index is 0.0367. The summed E-state index contributed by atoms with van der Waals surface area (Å²) in [6.07, 6.45) is -1.19. The summed E-state index contributed by atoms with van der Waals surface area (Å²) in [5.41, 5.74) is 0.705. The van der Waals surface area contributed by atoms with Gasteiger partial charge in [-0.25, -0.2) is 4.79 Å². The second-order valence-electron chi connectivity index (χ2n) is 6.89. The molecular formula is C20H20Br2N2O4. The van der Waals surface area contributed by atoms with Crippen molar-refractivity contribution in [2.45, 2.75) is 26.4 Å². The number of phenols is 1. The summed E-state index contributed by atoms with van der Waals surface area (Å²) in [6.45, 7) is 3.59. The van der Waals surface area contributed by atoms with Crippen LogP contribution in [0.15, 0.2) is 45.3 Å². The lowest BCUT2D eigenvalue weighted by molar-refractivity contribution is 0.0138. The van der Waals surface area contributed by atoms with Crippen LogP contribution in [0.3, 0.4) is 0 Å². The maximum Gasteiger partial charge on any atom is 0.412 e. The lowest BCUT2D eigenvalue weighted by Gasteiger charge is -2.34. The van der Waals surface area contributed by atoms with Gasteiger partial charge in [-0.3, -0.25) is 5.32 Å². The van der Waals surface area contributed by atoms with Gasteiger partial charge < -0.3 is 14.9 Å². The van der Waals surface area contributed by atoms with E-state index in [9.17, 15) is 15.0 Å². The highest BCUT2D eigenvalue weighted by atomic mass is 79.9. The van der Waals surface area contributed by atoms with Crippen molar-refractivity contribution in [3.05, 3.63) is 56.5 Å². The van der Waals surface area contributed by atoms with Gasteiger partial charge >= 0.3 is 6.09 Å². The first kappa shape index (κ1) is 22.2. The number of ether oxygens (including phenoxy) is 1. The molecule has 0 spiro atoms. The van der Waals surface area contributed by atoms with Crippen LogP contribution in [-0.2, 0) is 4.74 Å². The molecule has 0 saturated heterocycles. The minimum Gasteiger partial charge on any atom is -0.506 e. The SMILES string of the molecule is CC(C)(CCO)[C@@H](OC(=O)Nc1ccc(C#N)cc1)c1cc(Br)cc(Br)c1O. The molecule has 2 aromatic carbocycles. The number of rotatable bonds is 6. The molecule has 0 fully saturated rings. The number of carbonyl (C=O) groups is 1. The van der Waals surface area contributed by atoms with E-state index >= 15 is 0 Å². The number of anilines is 1. The molecule has 8 heteroatoms. The summed E-state index contributed by atoms with van der Waals surface area (Å²) in [5.74, 6) is -0.0367. The number of aliphatic hydroxyl groups excluding tert-OH is 1. The van der Waals surface area contributed by atoms with Crippen LogP contribution in [0.5, 0.6) is 5.75 Å². The van der Waals surface area contributed by atoms with Crippen LogP contribution in [-0.4, -0.2) is 22.9 Å². The van der Waals surface area contributed by atoms with Gasteiger partial charge in [0.15, 0.2) is 0 Å². The van der Waals surface area contributed by atoms with Crippen LogP contribution in [0.2, 0.25) is 0 Å². The zero-order chi connectivity index (χ0) is 20.9. The third-order valence-electron chi connectivity index (χ3n) is 4.29. The number of hydrogen-bond acceptors (Lipinski definition) is 5. The van der Waals surface area contributed by atoms with Crippen LogP contribution >= 0.6 is 31.9 Å². The lowest BCUT2D eigenvalue weighted by Crippen LogP contribution is -2.30. The molecule has 3 N–H and O–H groups in total. The van der Waals surface area contributed by atoms with Crippen molar-refractivity contribution < 1.29 is 19.7 Å². The Balaban J connectivity index is 2.32. The Morgan fingerprint density at radius 3 is 2.50 bits per heavy atom. The van der Waals surface area contributed by atoms with Crippen molar-refractivity contribution >= 4 is 43.6 Å². The summed E-state index contributed by atoms with van der Waals surface area (Å²) in [7, 11) is 0. The maximum absolute atomic E-state index is 12.5. The van der Waals surface area contributed by atoms with E-state index in [-0.39, 0.29) is 12.4 Å². The van der Waals surface area contributed by atoms with Crippen molar-refractivity contribution in [3.8, 4) is 11.8 Å². The van der Waals surface area contributed by atoms with Gasteiger partial charge in [-0.15, -0.1) is 0 Å². The van der Waals surface area contributed by atoms with E-state index < -0.39 is 17.6 Å². The van der Waals surface area contributed by atoms with Gasteiger partial charge in [0.25, 0.3) is 0 Å². The van der Waals surface area contributed by atoms with Crippen LogP contribution in [0.1, 0.15) is 37.5 Å². The number of amides is 1. The van der Waals surface area contributed by atoms with Gasteiger partial charge in [0.1, 0.15) is 11.9 Å². The Morgan fingerprint density at radius 2 is 1.93 bits per heavy atom. The number of nitrogens with zero attached hydrogens (tertiary/aromatic N) is 1. The van der Waals surface area contributed by atoms with E-state index in [0.717, 1.165) is 0 Å². The molecule has 0 aromatic heterocycles. The molecule has 2 rings (SSSR count). The standard InChI is InChI=1S/C20H20Br2N2O4/c1-20(2,7-8-25)18(15-9-13(21)10-16(22)17(15)26)28-19(27)24-14-5-3-12(11-23)4-6-14/h3-6,9-10,18,25-26H,7-8H2,1-2H3,(H,24,27)/t18-/m0/s1. The third kappa shape index (κ3) is 5.47. The van der Waals surface area contributed by atoms with Gasteiger partial charge in [-0.2, -0.15) is 5.26 Å². The molecule has 0 aliphatic carbocycles. The smallest absolute Gasteiger partial charge is 0.412 e. The minimum atomic E-state index is -0.827. The average molecular weight is 512 g/mol. The van der Waals surface area contributed by atoms with Gasteiger partial charge in [0.05, 0.1) is 16.1 Å². The maximum atomic E-state index is 12.5. The lowest BCUT2D eigenvalue weighted by atomic mass is 9.79. The fraction of sp³-hybridized carbons (Fsp3) is 0.300. The second kappa shape index (κ2) is 9.41. The van der Waals surface area contributed by atoms with Crippen molar-refractivity contribution in [1.29, 1.82) is 5.26 Å². The number of benzene rings is 2. The number of nitrogens with one attached hydrogen (secondary N) is 1. The Bertz CT molecular complexity index is 892. The number of aromatic hydroxyl groups is 1. The first-order chi connectivity index (χ1) is 13.2. The van der Waals surface area contributed by atoms with E-state index in [2.05, 4.69) is 37.2 Å². The van der Waals surface area contributed by atoms with Gasteiger partial charge in [-0.05, 0) is 58.7 Å². The number of halogens is 2. The van der Waals surface area contributed by atoms with E-state index in [1.54, 1.807) is 36.4 Å². The Labute approximate surface area is 180 Å². The highest BCUT2D eigenvalue weighted by Crippen LogP contribution is 2.45. The predicted octanol–water partition coefficient (Wildman–Crippen LogP) is 5.49. The summed E-state index contributed by atoms with van der Waals surface area (Å²) in [5, 5.41) is 31.4. The van der Waals surface area contributed by atoms with E-state index in [0.29, 0.717) is 32.2 Å². The van der Waals surface area contributed by atoms with Crippen molar-refractivity contribution in [2.24, 2.45) is 5.41 Å². The number of hydrogen-bond donors (Lipinski definition) is 3. The van der Waals surface area contributed by atoms with E-state index in [1.165, 1.54) is 0 Å². The molecule has 0 heterocycles. The molecule has 0 bridgehead atoms. The molecule has 0 aliphatic rings. The predicted molar refractivity (Wildman–Crippen MR) is 113 cm³/mol. The molecule has 6 nitrogen and oxygen atoms in total. The van der Waals surface area contributed by atoms with Crippen molar-refractivity contribution in [1.82, 2.24) is 0 Å². The number of phenolic OH excluding ortho intramolecular Hbond substituents is 1. The molecule has 28 heavy (non-hydrogen) atoms. The number of carbonyl (C=O) groups excluding carboxylic acids is 1. The molecule has 1 amide bonds. The summed E-state index contributed by atoms with van der Waals surface area (Å²) in [4.78, 5) is 12.5. The third-order valence-corrected chi connectivity index (χ3v) is 5.35. The van der Waals surface area contributed by atoms with Crippen molar-refractivity contribution in [2.75, 3.05) is 11.9 Å². The van der Waals surface area contributed by atoms with Crippen molar-refractivity contribution in [3.63, 3.8) is 0 Å². The zero-order valence-electron chi connectivity index (χ0n) is 15.4.